The van der Waals surface area contributed by atoms with E-state index < -0.39 is 23.8 Å². The summed E-state index contributed by atoms with van der Waals surface area (Å²) >= 11 is 0. The van der Waals surface area contributed by atoms with Crippen molar-refractivity contribution in [2.24, 2.45) is 11.8 Å². The fraction of sp³-hybridized carbons (Fsp3) is 0.344. The molecule has 0 bridgehead atoms. The summed E-state index contributed by atoms with van der Waals surface area (Å²) in [5.41, 5.74) is 2.68. The third kappa shape index (κ3) is 9.72. The van der Waals surface area contributed by atoms with Gasteiger partial charge in [-0.05, 0) is 55.0 Å². The molecular formula is C32H38FN3O5. The molecule has 0 aliphatic carbocycles. The Morgan fingerprint density at radius 3 is 2.41 bits per heavy atom. The Hall–Kier alpha value is -4.24. The van der Waals surface area contributed by atoms with Gasteiger partial charge in [0, 0.05) is 30.1 Å². The standard InChI is InChI=1S/C32H38FN3O5/c1-3-7-23(19-30(38)34-15-16-37)31(39)36-27(18-25-20-35-29-10-6-5-9-28(25)29)21-41-32(40)24(8-4-2)17-22-11-13-26(33)14-12-22/h3-6,9-14,20,23-24,27,35,37H,1-2,7-8,15-19,21H2,(H,34,38)(H,36,39)/t23-,24-,27+/m0/s1. The lowest BCUT2D eigenvalue weighted by molar-refractivity contribution is -0.149. The van der Waals surface area contributed by atoms with Crippen molar-refractivity contribution < 1.29 is 28.6 Å². The van der Waals surface area contributed by atoms with E-state index in [0.29, 0.717) is 19.3 Å². The van der Waals surface area contributed by atoms with E-state index in [4.69, 9.17) is 9.84 Å². The minimum Gasteiger partial charge on any atom is -0.463 e. The molecule has 0 radical (unpaired) electrons. The largest absolute Gasteiger partial charge is 0.463 e. The molecule has 0 unspecified atom stereocenters. The highest BCUT2D eigenvalue weighted by Gasteiger charge is 2.26. The number of nitrogens with one attached hydrogen (secondary N) is 3. The zero-order valence-corrected chi connectivity index (χ0v) is 23.1. The summed E-state index contributed by atoms with van der Waals surface area (Å²) in [7, 11) is 0. The number of benzene rings is 2. The molecule has 0 fully saturated rings. The molecule has 3 atom stereocenters. The first-order chi connectivity index (χ1) is 19.8. The van der Waals surface area contributed by atoms with Crippen LogP contribution in [0, 0.1) is 17.7 Å². The van der Waals surface area contributed by atoms with Crippen molar-refractivity contribution in [3.8, 4) is 0 Å². The number of halogens is 1. The summed E-state index contributed by atoms with van der Waals surface area (Å²) in [6.07, 6.45) is 6.40. The number of carbonyl (C=O) groups excluding carboxylic acids is 3. The highest BCUT2D eigenvalue weighted by molar-refractivity contribution is 5.86. The van der Waals surface area contributed by atoms with Crippen LogP contribution in [0.2, 0.25) is 0 Å². The molecule has 0 aliphatic heterocycles. The monoisotopic (exact) mass is 563 g/mol. The predicted octanol–water partition coefficient (Wildman–Crippen LogP) is 4.00. The van der Waals surface area contributed by atoms with Gasteiger partial charge in [0.15, 0.2) is 0 Å². The summed E-state index contributed by atoms with van der Waals surface area (Å²) < 4.78 is 19.1. The third-order valence-electron chi connectivity index (χ3n) is 6.78. The topological polar surface area (TPSA) is 121 Å². The van der Waals surface area contributed by atoms with E-state index in [1.54, 1.807) is 24.3 Å². The van der Waals surface area contributed by atoms with Crippen molar-refractivity contribution in [3.05, 3.63) is 97.0 Å². The zero-order chi connectivity index (χ0) is 29.6. The van der Waals surface area contributed by atoms with Gasteiger partial charge in [-0.2, -0.15) is 0 Å². The van der Waals surface area contributed by atoms with Crippen LogP contribution in [0.5, 0.6) is 0 Å². The molecule has 2 amide bonds. The van der Waals surface area contributed by atoms with Crippen LogP contribution in [0.4, 0.5) is 4.39 Å². The SMILES string of the molecule is C=CC[C@@H](CC(=O)NCCO)C(=O)N[C@@H](COC(=O)[C@@H](CC=C)Cc1ccc(F)cc1)Cc1c[nH]c2ccccc12. The lowest BCUT2D eigenvalue weighted by atomic mass is 9.96. The Kier molecular flexibility index (Phi) is 12.3. The van der Waals surface area contributed by atoms with Crippen LogP contribution in [0.25, 0.3) is 10.9 Å². The van der Waals surface area contributed by atoms with Crippen LogP contribution < -0.4 is 10.6 Å². The summed E-state index contributed by atoms with van der Waals surface area (Å²) in [4.78, 5) is 41.9. The number of para-hydroxylation sites is 1. The van der Waals surface area contributed by atoms with Gasteiger partial charge in [-0.15, -0.1) is 13.2 Å². The lowest BCUT2D eigenvalue weighted by Gasteiger charge is -2.23. The van der Waals surface area contributed by atoms with E-state index in [9.17, 15) is 18.8 Å². The number of allylic oxidation sites excluding steroid dienone is 2. The van der Waals surface area contributed by atoms with Gasteiger partial charge < -0.3 is 25.5 Å². The number of esters is 1. The minimum atomic E-state index is -0.681. The number of carbonyl (C=O) groups is 3. The molecule has 4 N–H and O–H groups in total. The average molecular weight is 564 g/mol. The van der Waals surface area contributed by atoms with Crippen LogP contribution in [0.1, 0.15) is 30.4 Å². The van der Waals surface area contributed by atoms with Gasteiger partial charge in [0.25, 0.3) is 0 Å². The molecule has 2 aromatic carbocycles. The highest BCUT2D eigenvalue weighted by atomic mass is 19.1. The van der Waals surface area contributed by atoms with Crippen molar-refractivity contribution >= 4 is 28.7 Å². The Balaban J connectivity index is 1.75. The van der Waals surface area contributed by atoms with Crippen molar-refractivity contribution in [1.82, 2.24) is 15.6 Å². The summed E-state index contributed by atoms with van der Waals surface area (Å²) in [5.74, 6) is -2.72. The van der Waals surface area contributed by atoms with Gasteiger partial charge in [0.1, 0.15) is 12.4 Å². The van der Waals surface area contributed by atoms with E-state index in [-0.39, 0.29) is 50.2 Å². The average Bonchev–Trinajstić information content (AvgIpc) is 3.37. The lowest BCUT2D eigenvalue weighted by Crippen LogP contribution is -2.44. The normalized spacial score (nSPS) is 13.1. The van der Waals surface area contributed by atoms with Crippen LogP contribution in [-0.4, -0.2) is 53.7 Å². The molecule has 8 nitrogen and oxygen atoms in total. The van der Waals surface area contributed by atoms with Crippen molar-refractivity contribution in [2.75, 3.05) is 19.8 Å². The van der Waals surface area contributed by atoms with Crippen LogP contribution >= 0.6 is 0 Å². The van der Waals surface area contributed by atoms with Crippen LogP contribution in [-0.2, 0) is 32.0 Å². The van der Waals surface area contributed by atoms with Crippen molar-refractivity contribution in [1.29, 1.82) is 0 Å². The predicted molar refractivity (Wildman–Crippen MR) is 156 cm³/mol. The van der Waals surface area contributed by atoms with Crippen LogP contribution in [0.15, 0.2) is 80.0 Å². The summed E-state index contributed by atoms with van der Waals surface area (Å²) in [6, 6.07) is 13.2. The Morgan fingerprint density at radius 1 is 1.00 bits per heavy atom. The Bertz CT molecular complexity index is 1320. The molecule has 218 valence electrons. The van der Waals surface area contributed by atoms with Gasteiger partial charge in [-0.25, -0.2) is 4.39 Å². The molecule has 0 aliphatic rings. The van der Waals surface area contributed by atoms with E-state index in [1.807, 2.05) is 30.5 Å². The first kappa shape index (κ1) is 31.3. The molecule has 3 aromatic rings. The number of fused-ring (bicyclic) bond motifs is 1. The number of amides is 2. The van der Waals surface area contributed by atoms with Gasteiger partial charge in [0.2, 0.25) is 11.8 Å². The Labute approximate surface area is 239 Å². The number of aromatic amines is 1. The number of aliphatic hydroxyl groups excluding tert-OH is 1. The van der Waals surface area contributed by atoms with Gasteiger partial charge in [0.05, 0.1) is 24.5 Å². The quantitative estimate of drug-likeness (QED) is 0.146. The molecule has 41 heavy (non-hydrogen) atoms. The molecule has 0 saturated heterocycles. The number of aliphatic hydroxyl groups is 1. The first-order valence-electron chi connectivity index (χ1n) is 13.7. The van der Waals surface area contributed by atoms with Gasteiger partial charge in [-0.1, -0.05) is 42.5 Å². The number of rotatable bonds is 17. The highest BCUT2D eigenvalue weighted by Crippen LogP contribution is 2.21. The van der Waals surface area contributed by atoms with Crippen LogP contribution in [0.3, 0.4) is 0 Å². The second kappa shape index (κ2) is 16.1. The number of hydrogen-bond acceptors (Lipinski definition) is 5. The molecule has 3 rings (SSSR count). The van der Waals surface area contributed by atoms with E-state index in [2.05, 4.69) is 28.8 Å². The molecule has 0 spiro atoms. The molecule has 1 heterocycles. The molecule has 0 saturated carbocycles. The second-order valence-electron chi connectivity index (χ2n) is 9.95. The Morgan fingerprint density at radius 2 is 1.71 bits per heavy atom. The maximum atomic E-state index is 13.3. The van der Waals surface area contributed by atoms with Gasteiger partial charge in [-0.3, -0.25) is 14.4 Å². The maximum absolute atomic E-state index is 13.3. The third-order valence-corrected chi connectivity index (χ3v) is 6.78. The first-order valence-corrected chi connectivity index (χ1v) is 13.7. The molecule has 9 heteroatoms. The minimum absolute atomic E-state index is 0.0729. The molecule has 1 aromatic heterocycles. The van der Waals surface area contributed by atoms with E-state index in [0.717, 1.165) is 22.0 Å². The summed E-state index contributed by atoms with van der Waals surface area (Å²) in [5, 5.41) is 15.5. The van der Waals surface area contributed by atoms with E-state index >= 15 is 0 Å². The van der Waals surface area contributed by atoms with Crippen molar-refractivity contribution in [3.63, 3.8) is 0 Å². The summed E-state index contributed by atoms with van der Waals surface area (Å²) in [6.45, 7) is 7.27. The zero-order valence-electron chi connectivity index (χ0n) is 23.1. The van der Waals surface area contributed by atoms with E-state index in [1.165, 1.54) is 12.1 Å². The van der Waals surface area contributed by atoms with Crippen molar-refractivity contribution in [2.45, 2.75) is 38.1 Å². The fourth-order valence-corrected chi connectivity index (χ4v) is 4.68. The number of hydrogen-bond donors (Lipinski definition) is 4. The number of ether oxygens (including phenoxy) is 1. The fourth-order valence-electron chi connectivity index (χ4n) is 4.68. The number of aromatic nitrogens is 1. The van der Waals surface area contributed by atoms with Gasteiger partial charge >= 0.3 is 5.97 Å². The second-order valence-corrected chi connectivity index (χ2v) is 9.95. The number of H-pyrrole nitrogens is 1. The smallest absolute Gasteiger partial charge is 0.309 e. The maximum Gasteiger partial charge on any atom is 0.309 e. The molecular weight excluding hydrogens is 525 g/mol.